The largest absolute Gasteiger partial charge is 0.487 e. The summed E-state index contributed by atoms with van der Waals surface area (Å²) in [5.74, 6) is -1.40. The summed E-state index contributed by atoms with van der Waals surface area (Å²) in [5.41, 5.74) is 2.55. The lowest BCUT2D eigenvalue weighted by atomic mass is 9.86. The van der Waals surface area contributed by atoms with Gasteiger partial charge in [0.15, 0.2) is 0 Å². The fourth-order valence-electron chi connectivity index (χ4n) is 5.72. The van der Waals surface area contributed by atoms with E-state index in [0.29, 0.717) is 35.0 Å². The van der Waals surface area contributed by atoms with Crippen molar-refractivity contribution in [3.05, 3.63) is 94.9 Å². The van der Waals surface area contributed by atoms with E-state index < -0.39 is 29.3 Å². The Bertz CT molecular complexity index is 1540. The summed E-state index contributed by atoms with van der Waals surface area (Å²) in [4.78, 5) is 25.9. The van der Waals surface area contributed by atoms with Crippen molar-refractivity contribution in [2.75, 3.05) is 5.32 Å². The summed E-state index contributed by atoms with van der Waals surface area (Å²) >= 11 is 6.34. The van der Waals surface area contributed by atoms with Gasteiger partial charge in [0.1, 0.15) is 17.2 Å². The van der Waals surface area contributed by atoms with Gasteiger partial charge in [-0.2, -0.15) is 0 Å². The molecule has 1 aromatic heterocycles. The van der Waals surface area contributed by atoms with Gasteiger partial charge in [0.25, 0.3) is 0 Å². The van der Waals surface area contributed by atoms with E-state index in [4.69, 9.17) is 16.3 Å². The molecule has 1 spiro atoms. The zero-order valence-electron chi connectivity index (χ0n) is 20.7. The second kappa shape index (κ2) is 9.80. The van der Waals surface area contributed by atoms with Crippen LogP contribution in [0.1, 0.15) is 49.3 Å². The number of nitrogens with one attached hydrogen (secondary N) is 2. The van der Waals surface area contributed by atoms with Crippen molar-refractivity contribution in [1.29, 1.82) is 0 Å². The molecule has 38 heavy (non-hydrogen) atoms. The first kappa shape index (κ1) is 24.5. The van der Waals surface area contributed by atoms with E-state index in [1.165, 1.54) is 12.1 Å². The molecule has 1 aliphatic carbocycles. The Morgan fingerprint density at radius 3 is 2.66 bits per heavy atom. The Balaban J connectivity index is 1.19. The van der Waals surface area contributed by atoms with Crippen molar-refractivity contribution in [3.63, 3.8) is 0 Å². The molecular weight excluding hydrogens is 505 g/mol. The highest BCUT2D eigenvalue weighted by Crippen LogP contribution is 2.47. The fourth-order valence-corrected chi connectivity index (χ4v) is 5.91. The van der Waals surface area contributed by atoms with Crippen molar-refractivity contribution >= 4 is 40.0 Å². The van der Waals surface area contributed by atoms with Crippen LogP contribution in [0.15, 0.2) is 72.9 Å². The van der Waals surface area contributed by atoms with Gasteiger partial charge in [0.05, 0.1) is 11.6 Å². The predicted octanol–water partition coefficient (Wildman–Crippen LogP) is 6.37. The molecule has 0 unspecified atom stereocenters. The topological polar surface area (TPSA) is 72.4 Å². The van der Waals surface area contributed by atoms with Gasteiger partial charge < -0.3 is 19.9 Å². The van der Waals surface area contributed by atoms with E-state index >= 15 is 0 Å². The number of aromatic nitrogens is 1. The van der Waals surface area contributed by atoms with Gasteiger partial charge in [-0.1, -0.05) is 35.9 Å². The number of nitrogens with zero attached hydrogens (tertiary/aromatic N) is 1. The molecule has 0 bridgehead atoms. The first-order valence-corrected chi connectivity index (χ1v) is 13.2. The molecule has 4 aromatic rings. The van der Waals surface area contributed by atoms with Crippen LogP contribution in [0.25, 0.3) is 10.9 Å². The summed E-state index contributed by atoms with van der Waals surface area (Å²) in [6.45, 7) is 0.572. The molecule has 194 valence electrons. The number of anilines is 1. The van der Waals surface area contributed by atoms with E-state index in [-0.39, 0.29) is 0 Å². The highest BCUT2D eigenvalue weighted by Gasteiger charge is 2.44. The third kappa shape index (κ3) is 4.74. The third-order valence-corrected chi connectivity index (χ3v) is 7.98. The van der Waals surface area contributed by atoms with Crippen LogP contribution < -0.4 is 15.4 Å². The van der Waals surface area contributed by atoms with Gasteiger partial charge in [-0.05, 0) is 79.1 Å². The van der Waals surface area contributed by atoms with Gasteiger partial charge in [-0.3, -0.25) is 9.59 Å². The van der Waals surface area contributed by atoms with Gasteiger partial charge in [0, 0.05) is 35.4 Å². The molecule has 6 nitrogen and oxygen atoms in total. The highest BCUT2D eigenvalue weighted by molar-refractivity contribution is 6.39. The number of ether oxygens (including phenoxy) is 1. The minimum Gasteiger partial charge on any atom is -0.487 e. The van der Waals surface area contributed by atoms with E-state index in [2.05, 4.69) is 10.6 Å². The molecule has 1 atom stereocenters. The zero-order chi connectivity index (χ0) is 26.3. The Labute approximate surface area is 224 Å². The van der Waals surface area contributed by atoms with E-state index in [1.807, 2.05) is 53.2 Å². The SMILES string of the molecule is O=C(Nc1ccc2ccn(Cc3ccccc3Cl)c2c1)C(=O)N[C@@H]1CC2(CCCC2)Oc2ccc(F)cc21. The monoisotopic (exact) mass is 531 g/mol. The number of fused-ring (bicyclic) bond motifs is 2. The minimum atomic E-state index is -0.779. The number of halogens is 2. The van der Waals surface area contributed by atoms with Crippen LogP contribution in [0, 0.1) is 5.82 Å². The second-order valence-electron chi connectivity index (χ2n) is 10.2. The van der Waals surface area contributed by atoms with Crippen LogP contribution in [0.2, 0.25) is 5.02 Å². The average Bonchev–Trinajstić information content (AvgIpc) is 3.52. The molecule has 1 saturated carbocycles. The van der Waals surface area contributed by atoms with Crippen LogP contribution in [0.4, 0.5) is 10.1 Å². The lowest BCUT2D eigenvalue weighted by Gasteiger charge is -2.40. The summed E-state index contributed by atoms with van der Waals surface area (Å²) < 4.78 is 22.4. The number of carbonyl (C=O) groups excluding carboxylic acids is 2. The molecule has 1 aliphatic heterocycles. The Kier molecular flexibility index (Phi) is 6.32. The molecule has 0 saturated heterocycles. The van der Waals surface area contributed by atoms with Crippen LogP contribution >= 0.6 is 11.6 Å². The fraction of sp³-hybridized carbons (Fsp3) is 0.267. The maximum Gasteiger partial charge on any atom is 0.313 e. The number of carbonyl (C=O) groups is 2. The molecule has 2 N–H and O–H groups in total. The molecular formula is C30H27ClFN3O3. The number of rotatable bonds is 4. The number of amides is 2. The number of hydrogen-bond acceptors (Lipinski definition) is 3. The van der Waals surface area contributed by atoms with Crippen molar-refractivity contribution in [3.8, 4) is 5.75 Å². The zero-order valence-corrected chi connectivity index (χ0v) is 21.4. The Morgan fingerprint density at radius 2 is 1.84 bits per heavy atom. The molecule has 2 amide bonds. The lowest BCUT2D eigenvalue weighted by molar-refractivity contribution is -0.137. The summed E-state index contributed by atoms with van der Waals surface area (Å²) in [5, 5.41) is 7.24. The van der Waals surface area contributed by atoms with Gasteiger partial charge in [-0.15, -0.1) is 0 Å². The maximum atomic E-state index is 14.1. The molecule has 2 aliphatic rings. The molecule has 1 fully saturated rings. The van der Waals surface area contributed by atoms with Crippen molar-refractivity contribution < 1.29 is 18.7 Å². The summed E-state index contributed by atoms with van der Waals surface area (Å²) in [7, 11) is 0. The molecule has 3 aromatic carbocycles. The van der Waals surface area contributed by atoms with Gasteiger partial charge in [-0.25, -0.2) is 4.39 Å². The first-order chi connectivity index (χ1) is 18.4. The van der Waals surface area contributed by atoms with Gasteiger partial charge >= 0.3 is 11.8 Å². The van der Waals surface area contributed by atoms with Crippen LogP contribution in [-0.2, 0) is 16.1 Å². The second-order valence-corrected chi connectivity index (χ2v) is 10.6. The van der Waals surface area contributed by atoms with Crippen LogP contribution in [0.5, 0.6) is 5.75 Å². The van der Waals surface area contributed by atoms with Crippen molar-refractivity contribution in [1.82, 2.24) is 9.88 Å². The smallest absolute Gasteiger partial charge is 0.313 e. The standard InChI is InChI=1S/C30H27ClFN3O3/c31-24-6-2-1-5-20(24)18-35-14-11-19-7-9-22(16-26(19)35)33-28(36)29(37)34-25-17-30(12-3-4-13-30)38-27-10-8-21(32)15-23(25)27/h1-2,5-11,14-16,25H,3-4,12-13,17-18H2,(H,33,36)(H,34,37)/t25-/m1/s1. The molecule has 6 rings (SSSR count). The van der Waals surface area contributed by atoms with E-state index in [0.717, 1.165) is 42.1 Å². The first-order valence-electron chi connectivity index (χ1n) is 12.8. The Morgan fingerprint density at radius 1 is 1.03 bits per heavy atom. The van der Waals surface area contributed by atoms with E-state index in [9.17, 15) is 14.0 Å². The van der Waals surface area contributed by atoms with Crippen LogP contribution in [0.3, 0.4) is 0 Å². The van der Waals surface area contributed by atoms with E-state index in [1.54, 1.807) is 12.1 Å². The third-order valence-electron chi connectivity index (χ3n) is 7.61. The summed E-state index contributed by atoms with van der Waals surface area (Å²) in [6.07, 6.45) is 6.29. The number of benzene rings is 3. The number of hydrogen-bond donors (Lipinski definition) is 2. The minimum absolute atomic E-state index is 0.392. The van der Waals surface area contributed by atoms with Crippen LogP contribution in [-0.4, -0.2) is 22.0 Å². The average molecular weight is 532 g/mol. The molecule has 0 radical (unpaired) electrons. The molecule has 2 heterocycles. The normalized spacial score (nSPS) is 17.7. The molecule has 8 heteroatoms. The van der Waals surface area contributed by atoms with Crippen molar-refractivity contribution in [2.45, 2.75) is 50.3 Å². The predicted molar refractivity (Wildman–Crippen MR) is 145 cm³/mol. The lowest BCUT2D eigenvalue weighted by Crippen LogP contribution is -2.45. The van der Waals surface area contributed by atoms with Crippen molar-refractivity contribution in [2.24, 2.45) is 0 Å². The quantitative estimate of drug-likeness (QED) is 0.300. The highest BCUT2D eigenvalue weighted by atomic mass is 35.5. The maximum absolute atomic E-state index is 14.1. The Hall–Kier alpha value is -3.84. The summed E-state index contributed by atoms with van der Waals surface area (Å²) in [6, 6.07) is 19.0. The van der Waals surface area contributed by atoms with Gasteiger partial charge in [0.2, 0.25) is 0 Å².